The second-order valence-electron chi connectivity index (χ2n) is 6.63. The monoisotopic (exact) mass is 319 g/mol. The summed E-state index contributed by atoms with van der Waals surface area (Å²) in [6, 6.07) is 16.1. The number of fused-ring (bicyclic) bond motifs is 1. The Morgan fingerprint density at radius 1 is 1.21 bits per heavy atom. The molecule has 24 heavy (non-hydrogen) atoms. The Bertz CT molecular complexity index is 865. The maximum atomic E-state index is 12.8. The first-order chi connectivity index (χ1) is 11.7. The third kappa shape index (κ3) is 2.68. The van der Waals surface area contributed by atoms with Crippen LogP contribution in [0.5, 0.6) is 0 Å². The number of nitrogens with one attached hydrogen (secondary N) is 2. The molecule has 0 radical (unpaired) electrons. The Hall–Kier alpha value is -2.62. The number of rotatable bonds is 4. The van der Waals surface area contributed by atoms with E-state index in [1.54, 1.807) is 0 Å². The summed E-state index contributed by atoms with van der Waals surface area (Å²) >= 11 is 0. The number of nitrogens with zero attached hydrogens (tertiary/aromatic N) is 1. The first-order valence-electron chi connectivity index (χ1n) is 8.53. The van der Waals surface area contributed by atoms with Crippen molar-refractivity contribution in [2.75, 3.05) is 0 Å². The van der Waals surface area contributed by atoms with Crippen LogP contribution in [0.15, 0.2) is 48.5 Å². The highest BCUT2D eigenvalue weighted by Gasteiger charge is 2.29. The lowest BCUT2D eigenvalue weighted by Crippen LogP contribution is -2.36. The summed E-state index contributed by atoms with van der Waals surface area (Å²) in [6.45, 7) is 1.97. The van der Waals surface area contributed by atoms with Gasteiger partial charge in [0.1, 0.15) is 0 Å². The van der Waals surface area contributed by atoms with Crippen LogP contribution in [-0.2, 0) is 0 Å². The number of hydrogen-bond acceptors (Lipinski definition) is 2. The third-order valence-corrected chi connectivity index (χ3v) is 5.07. The normalized spacial score (nSPS) is 15.9. The van der Waals surface area contributed by atoms with Crippen molar-refractivity contribution in [1.82, 2.24) is 15.5 Å². The van der Waals surface area contributed by atoms with E-state index >= 15 is 0 Å². The summed E-state index contributed by atoms with van der Waals surface area (Å²) in [5, 5.41) is 11.4. The van der Waals surface area contributed by atoms with E-state index in [1.165, 1.54) is 24.8 Å². The number of aromatic nitrogens is 2. The van der Waals surface area contributed by atoms with Gasteiger partial charge in [-0.3, -0.25) is 9.89 Å². The van der Waals surface area contributed by atoms with Gasteiger partial charge in [-0.15, -0.1) is 0 Å². The van der Waals surface area contributed by atoms with Gasteiger partial charge in [0.25, 0.3) is 5.91 Å². The molecule has 1 aliphatic carbocycles. The summed E-state index contributed by atoms with van der Waals surface area (Å²) in [4.78, 5) is 12.8. The van der Waals surface area contributed by atoms with Crippen molar-refractivity contribution in [1.29, 1.82) is 0 Å². The van der Waals surface area contributed by atoms with Crippen molar-refractivity contribution in [2.24, 2.45) is 5.92 Å². The quantitative estimate of drug-likeness (QED) is 0.759. The molecule has 4 nitrogen and oxygen atoms in total. The van der Waals surface area contributed by atoms with Gasteiger partial charge in [0.05, 0.1) is 11.6 Å². The minimum atomic E-state index is -0.0155. The first-order valence-corrected chi connectivity index (χ1v) is 8.53. The van der Waals surface area contributed by atoms with Crippen LogP contribution >= 0.6 is 0 Å². The minimum absolute atomic E-state index is 0.0155. The van der Waals surface area contributed by atoms with E-state index in [9.17, 15) is 4.79 Å². The lowest BCUT2D eigenvalue weighted by molar-refractivity contribution is 0.0901. The molecule has 0 saturated heterocycles. The van der Waals surface area contributed by atoms with Gasteiger partial charge in [-0.05, 0) is 49.4 Å². The van der Waals surface area contributed by atoms with E-state index in [2.05, 4.69) is 27.6 Å². The molecule has 4 rings (SSSR count). The topological polar surface area (TPSA) is 57.8 Å². The SMILES string of the molecule is Cc1[nH]nc2ccc(C(=O)NC(c3ccccc3)C3CCC3)cc12. The summed E-state index contributed by atoms with van der Waals surface area (Å²) in [5.41, 5.74) is 3.75. The highest BCUT2D eigenvalue weighted by Crippen LogP contribution is 2.37. The van der Waals surface area contributed by atoms with Crippen molar-refractivity contribution in [3.05, 3.63) is 65.4 Å². The van der Waals surface area contributed by atoms with Crippen LogP contribution in [0.4, 0.5) is 0 Å². The fourth-order valence-corrected chi connectivity index (χ4v) is 3.41. The zero-order valence-corrected chi connectivity index (χ0v) is 13.8. The molecule has 1 aromatic heterocycles. The van der Waals surface area contributed by atoms with Crippen molar-refractivity contribution < 1.29 is 4.79 Å². The standard InChI is InChI=1S/C20H21N3O/c1-13-17-12-16(10-11-18(17)23-22-13)20(24)21-19(15-8-5-9-15)14-6-3-2-4-7-14/h2-4,6-7,10-12,15,19H,5,8-9H2,1H3,(H,21,24)(H,22,23). The Morgan fingerprint density at radius 2 is 2.00 bits per heavy atom. The number of aryl methyl sites for hydroxylation is 1. The molecule has 1 heterocycles. The summed E-state index contributed by atoms with van der Waals surface area (Å²) in [5.74, 6) is 0.522. The van der Waals surface area contributed by atoms with E-state index in [0.717, 1.165) is 16.6 Å². The van der Waals surface area contributed by atoms with Crippen LogP contribution in [0.2, 0.25) is 0 Å². The molecule has 1 fully saturated rings. The fourth-order valence-electron chi connectivity index (χ4n) is 3.41. The zero-order valence-electron chi connectivity index (χ0n) is 13.8. The number of aromatic amines is 1. The van der Waals surface area contributed by atoms with Crippen LogP contribution in [-0.4, -0.2) is 16.1 Å². The number of hydrogen-bond donors (Lipinski definition) is 2. The largest absolute Gasteiger partial charge is 0.345 e. The number of carbonyl (C=O) groups excluding carboxylic acids is 1. The molecule has 3 aromatic rings. The summed E-state index contributed by atoms with van der Waals surface area (Å²) < 4.78 is 0. The highest BCUT2D eigenvalue weighted by molar-refractivity contribution is 5.98. The maximum absolute atomic E-state index is 12.8. The molecule has 2 N–H and O–H groups in total. The molecule has 1 saturated carbocycles. The van der Waals surface area contributed by atoms with Crippen molar-refractivity contribution in [2.45, 2.75) is 32.2 Å². The van der Waals surface area contributed by atoms with Crippen LogP contribution in [0.3, 0.4) is 0 Å². The summed E-state index contributed by atoms with van der Waals surface area (Å²) in [7, 11) is 0. The molecule has 2 aromatic carbocycles. The van der Waals surface area contributed by atoms with E-state index in [-0.39, 0.29) is 11.9 Å². The molecule has 1 amide bonds. The molecule has 4 heteroatoms. The Labute approximate surface area is 141 Å². The van der Waals surface area contributed by atoms with Gasteiger partial charge >= 0.3 is 0 Å². The molecule has 1 atom stereocenters. The van der Waals surface area contributed by atoms with Crippen molar-refractivity contribution in [3.63, 3.8) is 0 Å². The minimum Gasteiger partial charge on any atom is -0.345 e. The van der Waals surface area contributed by atoms with Gasteiger partial charge in [-0.1, -0.05) is 36.8 Å². The van der Waals surface area contributed by atoms with Gasteiger partial charge in [-0.2, -0.15) is 5.10 Å². The maximum Gasteiger partial charge on any atom is 0.251 e. The Balaban J connectivity index is 1.61. The third-order valence-electron chi connectivity index (χ3n) is 5.07. The smallest absolute Gasteiger partial charge is 0.251 e. The molecule has 122 valence electrons. The zero-order chi connectivity index (χ0) is 16.5. The molecule has 0 aliphatic heterocycles. The van der Waals surface area contributed by atoms with Gasteiger partial charge in [0.2, 0.25) is 0 Å². The number of amides is 1. The first kappa shape index (κ1) is 14.9. The molecule has 1 unspecified atom stereocenters. The molecule has 0 bridgehead atoms. The lowest BCUT2D eigenvalue weighted by atomic mass is 9.77. The van der Waals surface area contributed by atoms with Gasteiger partial charge in [0.15, 0.2) is 0 Å². The average Bonchev–Trinajstić information content (AvgIpc) is 2.94. The Kier molecular flexibility index (Phi) is 3.81. The van der Waals surface area contributed by atoms with E-state index < -0.39 is 0 Å². The predicted molar refractivity (Wildman–Crippen MR) is 94.8 cm³/mol. The predicted octanol–water partition coefficient (Wildman–Crippen LogP) is 4.14. The second-order valence-corrected chi connectivity index (χ2v) is 6.63. The Morgan fingerprint density at radius 3 is 2.71 bits per heavy atom. The molecule has 0 spiro atoms. The van der Waals surface area contributed by atoms with Gasteiger partial charge < -0.3 is 5.32 Å². The van der Waals surface area contributed by atoms with Crippen molar-refractivity contribution >= 4 is 16.8 Å². The van der Waals surface area contributed by atoms with E-state index in [1.807, 2.05) is 43.3 Å². The van der Waals surface area contributed by atoms with Gasteiger partial charge in [-0.25, -0.2) is 0 Å². The lowest BCUT2D eigenvalue weighted by Gasteiger charge is -2.34. The fraction of sp³-hybridized carbons (Fsp3) is 0.300. The molecular weight excluding hydrogens is 298 g/mol. The van der Waals surface area contributed by atoms with Crippen LogP contribution < -0.4 is 5.32 Å². The van der Waals surface area contributed by atoms with E-state index in [0.29, 0.717) is 11.5 Å². The summed E-state index contributed by atoms with van der Waals surface area (Å²) in [6.07, 6.45) is 3.61. The van der Waals surface area contributed by atoms with Gasteiger partial charge in [0, 0.05) is 16.6 Å². The molecular formula is C20H21N3O. The highest BCUT2D eigenvalue weighted by atomic mass is 16.1. The molecule has 1 aliphatic rings. The van der Waals surface area contributed by atoms with Crippen LogP contribution in [0.1, 0.15) is 46.9 Å². The average molecular weight is 319 g/mol. The van der Waals surface area contributed by atoms with Crippen molar-refractivity contribution in [3.8, 4) is 0 Å². The van der Waals surface area contributed by atoms with Crippen LogP contribution in [0.25, 0.3) is 10.9 Å². The number of carbonyl (C=O) groups is 1. The second kappa shape index (κ2) is 6.11. The number of benzene rings is 2. The van der Waals surface area contributed by atoms with E-state index in [4.69, 9.17) is 0 Å². The van der Waals surface area contributed by atoms with Crippen LogP contribution in [0, 0.1) is 12.8 Å². The number of H-pyrrole nitrogens is 1.